The SMILES string of the molecule is O=C(O)CCC[C@H](C(=O)O)N1CCNCCN([C@H](CCCC(=O)O)C(=O)O)CCN([C@@H](CCCC(=O)O)C(=O)O)CC1. The summed E-state index contributed by atoms with van der Waals surface area (Å²) in [7, 11) is 0. The van der Waals surface area contributed by atoms with E-state index < -0.39 is 53.9 Å². The molecule has 1 fully saturated rings. The van der Waals surface area contributed by atoms with Gasteiger partial charge in [-0.25, -0.2) is 0 Å². The second-order valence-electron chi connectivity index (χ2n) is 10.3. The maximum Gasteiger partial charge on any atom is 0.320 e. The molecule has 1 heterocycles. The highest BCUT2D eigenvalue weighted by Crippen LogP contribution is 2.16. The molecule has 16 heteroatoms. The summed E-state index contributed by atoms with van der Waals surface area (Å²) in [5.74, 6) is -6.62. The van der Waals surface area contributed by atoms with Gasteiger partial charge in [0.05, 0.1) is 0 Å². The minimum absolute atomic E-state index is 0.00509. The van der Waals surface area contributed by atoms with Crippen molar-refractivity contribution >= 4 is 35.8 Å². The van der Waals surface area contributed by atoms with Gasteiger partial charge in [-0.1, -0.05) is 0 Å². The summed E-state index contributed by atoms with van der Waals surface area (Å²) in [5, 5.41) is 59.9. The molecule has 0 saturated carbocycles. The molecule has 0 spiro atoms. The van der Waals surface area contributed by atoms with Gasteiger partial charge in [-0.3, -0.25) is 43.5 Å². The molecule has 0 aliphatic carbocycles. The molecule has 240 valence electrons. The number of aliphatic carboxylic acids is 6. The maximum absolute atomic E-state index is 12.3. The number of hydrogen-bond donors (Lipinski definition) is 7. The summed E-state index contributed by atoms with van der Waals surface area (Å²) in [6.07, 6.45) is -0.109. The first-order chi connectivity index (χ1) is 19.8. The van der Waals surface area contributed by atoms with Crippen LogP contribution in [0.2, 0.25) is 0 Å². The van der Waals surface area contributed by atoms with Gasteiger partial charge in [-0.2, -0.15) is 0 Å². The molecule has 0 aromatic rings. The fourth-order valence-electron chi connectivity index (χ4n) is 5.08. The minimum Gasteiger partial charge on any atom is -0.481 e. The van der Waals surface area contributed by atoms with Gasteiger partial charge < -0.3 is 36.0 Å². The molecule has 0 radical (unpaired) electrons. The first-order valence-corrected chi connectivity index (χ1v) is 14.1. The van der Waals surface area contributed by atoms with Gasteiger partial charge >= 0.3 is 35.8 Å². The lowest BCUT2D eigenvalue weighted by Crippen LogP contribution is -2.54. The third-order valence-corrected chi connectivity index (χ3v) is 7.28. The van der Waals surface area contributed by atoms with E-state index in [2.05, 4.69) is 5.32 Å². The summed E-state index contributed by atoms with van der Waals surface area (Å²) in [6.45, 7) is 1.55. The van der Waals surface area contributed by atoms with Crippen LogP contribution in [-0.2, 0) is 28.8 Å². The fraction of sp³-hybridized carbons (Fsp3) is 0.769. The monoisotopic (exact) mass is 604 g/mol. The van der Waals surface area contributed by atoms with E-state index in [1.807, 2.05) is 0 Å². The number of carboxylic acid groups (broad SMARTS) is 6. The van der Waals surface area contributed by atoms with Gasteiger partial charge in [0.1, 0.15) is 18.1 Å². The van der Waals surface area contributed by atoms with Crippen molar-refractivity contribution in [3.8, 4) is 0 Å². The molecule has 42 heavy (non-hydrogen) atoms. The first kappa shape index (κ1) is 36.7. The highest BCUT2D eigenvalue weighted by molar-refractivity contribution is 5.75. The summed E-state index contributed by atoms with van der Waals surface area (Å²) in [5.41, 5.74) is 0. The summed E-state index contributed by atoms with van der Waals surface area (Å²) >= 11 is 0. The molecule has 0 bridgehead atoms. The van der Waals surface area contributed by atoms with Crippen LogP contribution in [-0.4, -0.2) is 152 Å². The lowest BCUT2D eigenvalue weighted by Gasteiger charge is -2.37. The van der Waals surface area contributed by atoms with Crippen LogP contribution in [0.15, 0.2) is 0 Å². The lowest BCUT2D eigenvalue weighted by molar-refractivity contribution is -0.147. The molecule has 3 atom stereocenters. The molecule has 0 unspecified atom stereocenters. The number of carbonyl (C=O) groups is 6. The normalized spacial score (nSPS) is 18.6. The van der Waals surface area contributed by atoms with Crippen molar-refractivity contribution in [2.45, 2.75) is 75.9 Å². The number of nitrogens with zero attached hydrogens (tertiary/aromatic N) is 3. The van der Waals surface area contributed by atoms with E-state index in [1.165, 1.54) is 0 Å². The summed E-state index contributed by atoms with van der Waals surface area (Å²) < 4.78 is 0. The Morgan fingerprint density at radius 2 is 0.738 bits per heavy atom. The zero-order valence-electron chi connectivity index (χ0n) is 23.7. The van der Waals surface area contributed by atoms with Gasteiger partial charge in [-0.15, -0.1) is 0 Å². The summed E-state index contributed by atoms with van der Waals surface area (Å²) in [6, 6.07) is -3.12. The van der Waals surface area contributed by atoms with Crippen LogP contribution in [0.3, 0.4) is 0 Å². The molecule has 0 aromatic carbocycles. The molecule has 16 nitrogen and oxygen atoms in total. The molecule has 1 rings (SSSR count). The molecular weight excluding hydrogens is 560 g/mol. The predicted molar refractivity (Wildman–Crippen MR) is 146 cm³/mol. The Balaban J connectivity index is 3.24. The second kappa shape index (κ2) is 19.7. The molecular formula is C26H44N4O12. The lowest BCUT2D eigenvalue weighted by atomic mass is 10.1. The highest BCUT2D eigenvalue weighted by Gasteiger charge is 2.32. The van der Waals surface area contributed by atoms with Crippen LogP contribution in [0.4, 0.5) is 0 Å². The van der Waals surface area contributed by atoms with Gasteiger partial charge in [0, 0.05) is 71.6 Å². The average Bonchev–Trinajstić information content (AvgIpc) is 2.87. The van der Waals surface area contributed by atoms with E-state index in [0.717, 1.165) is 0 Å². The average molecular weight is 605 g/mol. The van der Waals surface area contributed by atoms with E-state index in [-0.39, 0.29) is 97.1 Å². The van der Waals surface area contributed by atoms with Gasteiger partial charge in [0.2, 0.25) is 0 Å². The van der Waals surface area contributed by atoms with Crippen molar-refractivity contribution in [1.29, 1.82) is 0 Å². The predicted octanol–water partition coefficient (Wildman–Crippen LogP) is -0.380. The van der Waals surface area contributed by atoms with Crippen molar-refractivity contribution in [3.05, 3.63) is 0 Å². The maximum atomic E-state index is 12.3. The third kappa shape index (κ3) is 14.5. The molecule has 7 N–H and O–H groups in total. The standard InChI is InChI=1S/C26H44N4O12/c31-21(32)7-1-4-18(24(37)38)28-12-10-27-11-13-29(19(25(39)40)5-2-8-22(33)34)15-17-30(16-14-28)20(26(41)42)6-3-9-23(35)36/h18-20,27H,1-17H2,(H,31,32)(H,33,34)(H,35,36)(H,37,38)(H,39,40)(H,41,42)/t18-,19-,20+/m1/s1. The van der Waals surface area contributed by atoms with Crippen LogP contribution in [0.5, 0.6) is 0 Å². The van der Waals surface area contributed by atoms with Gasteiger partial charge in [0.15, 0.2) is 0 Å². The second-order valence-corrected chi connectivity index (χ2v) is 10.3. The molecule has 0 aromatic heterocycles. The van der Waals surface area contributed by atoms with Crippen LogP contribution < -0.4 is 5.32 Å². The van der Waals surface area contributed by atoms with Crippen LogP contribution in [0.25, 0.3) is 0 Å². The van der Waals surface area contributed by atoms with E-state index in [1.54, 1.807) is 14.7 Å². The minimum atomic E-state index is -1.19. The smallest absolute Gasteiger partial charge is 0.320 e. The Morgan fingerprint density at radius 3 is 0.976 bits per heavy atom. The topological polar surface area (TPSA) is 246 Å². The van der Waals surface area contributed by atoms with Crippen LogP contribution >= 0.6 is 0 Å². The number of rotatable bonds is 18. The van der Waals surface area contributed by atoms with Crippen molar-refractivity contribution in [2.24, 2.45) is 0 Å². The Morgan fingerprint density at radius 1 is 0.476 bits per heavy atom. The van der Waals surface area contributed by atoms with Crippen molar-refractivity contribution in [1.82, 2.24) is 20.0 Å². The van der Waals surface area contributed by atoms with Crippen LogP contribution in [0.1, 0.15) is 57.8 Å². The summed E-state index contributed by atoms with van der Waals surface area (Å²) in [4.78, 5) is 74.4. The third-order valence-electron chi connectivity index (χ3n) is 7.28. The molecule has 1 aliphatic rings. The van der Waals surface area contributed by atoms with Gasteiger partial charge in [-0.05, 0) is 38.5 Å². The molecule has 1 saturated heterocycles. The Kier molecular flexibility index (Phi) is 17.2. The zero-order chi connectivity index (χ0) is 31.7. The van der Waals surface area contributed by atoms with E-state index in [4.69, 9.17) is 15.3 Å². The number of nitrogens with one attached hydrogen (secondary N) is 1. The van der Waals surface area contributed by atoms with Gasteiger partial charge in [0.25, 0.3) is 0 Å². The largest absolute Gasteiger partial charge is 0.481 e. The van der Waals surface area contributed by atoms with E-state index in [9.17, 15) is 44.1 Å². The quantitative estimate of drug-likeness (QED) is 0.105. The Bertz CT molecular complexity index is 866. The molecule has 0 amide bonds. The Hall–Kier alpha value is -3.34. The van der Waals surface area contributed by atoms with Crippen molar-refractivity contribution < 1.29 is 59.4 Å². The molecule has 1 aliphatic heterocycles. The van der Waals surface area contributed by atoms with E-state index >= 15 is 0 Å². The fourth-order valence-corrected chi connectivity index (χ4v) is 5.08. The van der Waals surface area contributed by atoms with Crippen molar-refractivity contribution in [2.75, 3.05) is 52.4 Å². The van der Waals surface area contributed by atoms with Crippen LogP contribution in [0, 0.1) is 0 Å². The van der Waals surface area contributed by atoms with Crippen molar-refractivity contribution in [3.63, 3.8) is 0 Å². The number of carboxylic acids is 6. The number of hydrogen-bond acceptors (Lipinski definition) is 10. The van der Waals surface area contributed by atoms with E-state index in [0.29, 0.717) is 13.1 Å². The zero-order valence-corrected chi connectivity index (χ0v) is 23.7. The first-order valence-electron chi connectivity index (χ1n) is 14.1. The highest BCUT2D eigenvalue weighted by atomic mass is 16.4. The Labute approximate surface area is 243 Å².